The first kappa shape index (κ1) is 15.3. The molecule has 0 atom stereocenters. The Bertz CT molecular complexity index is 915. The third-order valence-electron chi connectivity index (χ3n) is 3.94. The molecule has 118 valence electrons. The summed E-state index contributed by atoms with van der Waals surface area (Å²) in [6.07, 6.45) is 0. The van der Waals surface area contributed by atoms with E-state index in [1.165, 1.54) is 0 Å². The minimum atomic E-state index is 0.438. The third-order valence-corrected chi connectivity index (χ3v) is 4.42. The van der Waals surface area contributed by atoms with E-state index in [4.69, 9.17) is 27.9 Å². The van der Waals surface area contributed by atoms with Gasteiger partial charge in [-0.05, 0) is 41.0 Å². The van der Waals surface area contributed by atoms with Gasteiger partial charge in [-0.25, -0.2) is 4.99 Å². The molecule has 1 heterocycles. The molecule has 3 aromatic rings. The maximum absolute atomic E-state index is 5.98. The Morgan fingerprint density at radius 1 is 0.708 bits per heavy atom. The molecule has 0 N–H and O–H groups in total. The first-order valence-corrected chi connectivity index (χ1v) is 8.31. The molecule has 0 radical (unpaired) electrons. The van der Waals surface area contributed by atoms with Gasteiger partial charge < -0.3 is 4.74 Å². The van der Waals surface area contributed by atoms with E-state index >= 15 is 0 Å². The van der Waals surface area contributed by atoms with Crippen molar-refractivity contribution in [2.24, 2.45) is 4.99 Å². The van der Waals surface area contributed by atoms with Gasteiger partial charge in [-0.2, -0.15) is 0 Å². The van der Waals surface area contributed by atoms with Crippen LogP contribution in [0.3, 0.4) is 0 Å². The Labute approximate surface area is 150 Å². The Hall–Kier alpha value is -2.29. The number of rotatable bonds is 2. The molecule has 1 aliphatic heterocycles. The maximum Gasteiger partial charge on any atom is 0.146 e. The highest BCUT2D eigenvalue weighted by Gasteiger charge is 2.15. The lowest BCUT2D eigenvalue weighted by Gasteiger charge is -2.17. The van der Waals surface area contributed by atoms with Crippen molar-refractivity contribution < 1.29 is 4.74 Å². The van der Waals surface area contributed by atoms with Gasteiger partial charge in [-0.1, -0.05) is 59.6 Å². The monoisotopic (exact) mass is 353 g/mol. The molecule has 0 saturated heterocycles. The van der Waals surface area contributed by atoms with Crippen LogP contribution in [0.1, 0.15) is 5.56 Å². The van der Waals surface area contributed by atoms with Gasteiger partial charge >= 0.3 is 0 Å². The highest BCUT2D eigenvalue weighted by molar-refractivity contribution is 6.31. The Kier molecular flexibility index (Phi) is 4.01. The molecule has 3 aromatic carbocycles. The van der Waals surface area contributed by atoms with Crippen LogP contribution in [0.2, 0.25) is 10.0 Å². The molecule has 0 aliphatic carbocycles. The fraction of sp³-hybridized carbons (Fsp3) is 0.0500. The lowest BCUT2D eigenvalue weighted by atomic mass is 10.0. The number of nitrogens with zero attached hydrogens (tertiary/aromatic N) is 1. The lowest BCUT2D eigenvalue weighted by Crippen LogP contribution is -2.16. The van der Waals surface area contributed by atoms with Gasteiger partial charge in [0.05, 0.1) is 5.71 Å². The van der Waals surface area contributed by atoms with Gasteiger partial charge in [0, 0.05) is 16.1 Å². The zero-order valence-electron chi connectivity index (χ0n) is 12.7. The van der Waals surface area contributed by atoms with Crippen LogP contribution in [0.5, 0.6) is 5.75 Å². The van der Waals surface area contributed by atoms with E-state index < -0.39 is 0 Å². The summed E-state index contributed by atoms with van der Waals surface area (Å²) < 4.78 is 5.77. The van der Waals surface area contributed by atoms with Gasteiger partial charge in [0.1, 0.15) is 18.0 Å². The molecule has 0 aromatic heterocycles. The third kappa shape index (κ3) is 3.03. The number of hydrogen-bond donors (Lipinski definition) is 0. The van der Waals surface area contributed by atoms with Crippen molar-refractivity contribution in [2.75, 3.05) is 6.61 Å². The van der Waals surface area contributed by atoms with E-state index in [2.05, 4.69) is 29.3 Å². The Balaban J connectivity index is 1.63. The maximum atomic E-state index is 5.98. The number of halogens is 2. The van der Waals surface area contributed by atoms with Gasteiger partial charge in [0.15, 0.2) is 0 Å². The van der Waals surface area contributed by atoms with Gasteiger partial charge in [-0.3, -0.25) is 0 Å². The summed E-state index contributed by atoms with van der Waals surface area (Å²) in [4.78, 5) is 4.69. The summed E-state index contributed by atoms with van der Waals surface area (Å²) in [6, 6.07) is 21.6. The first-order chi connectivity index (χ1) is 11.7. The van der Waals surface area contributed by atoms with Crippen LogP contribution in [0, 0.1) is 0 Å². The van der Waals surface area contributed by atoms with Crippen LogP contribution in [0.15, 0.2) is 71.7 Å². The molecule has 2 nitrogen and oxygen atoms in total. The van der Waals surface area contributed by atoms with E-state index in [0.717, 1.165) is 38.9 Å². The molecule has 0 spiro atoms. The van der Waals surface area contributed by atoms with Crippen LogP contribution in [0.4, 0.5) is 5.69 Å². The average molecular weight is 354 g/mol. The van der Waals surface area contributed by atoms with Crippen LogP contribution >= 0.6 is 23.2 Å². The molecule has 0 bridgehead atoms. The summed E-state index contributed by atoms with van der Waals surface area (Å²) in [5, 5.41) is 1.39. The highest BCUT2D eigenvalue weighted by Crippen LogP contribution is 2.34. The predicted molar refractivity (Wildman–Crippen MR) is 100 cm³/mol. The smallest absolute Gasteiger partial charge is 0.146 e. The molecule has 4 heteroatoms. The van der Waals surface area contributed by atoms with Crippen LogP contribution in [-0.4, -0.2) is 12.3 Å². The number of benzene rings is 3. The van der Waals surface area contributed by atoms with Crippen molar-refractivity contribution in [3.63, 3.8) is 0 Å². The summed E-state index contributed by atoms with van der Waals surface area (Å²) >= 11 is 11.9. The quantitative estimate of drug-likeness (QED) is 0.539. The second kappa shape index (κ2) is 6.31. The zero-order valence-corrected chi connectivity index (χ0v) is 14.2. The molecule has 4 rings (SSSR count). The predicted octanol–water partition coefficient (Wildman–Crippen LogP) is 6.17. The average Bonchev–Trinajstić information content (AvgIpc) is 2.62. The second-order valence-corrected chi connectivity index (χ2v) is 6.42. The van der Waals surface area contributed by atoms with E-state index in [-0.39, 0.29) is 0 Å². The summed E-state index contributed by atoms with van der Waals surface area (Å²) in [6.45, 7) is 0.438. The van der Waals surface area contributed by atoms with Crippen molar-refractivity contribution in [1.29, 1.82) is 0 Å². The number of aliphatic imine (C=N–C) groups is 1. The molecular weight excluding hydrogens is 341 g/mol. The standard InChI is InChI=1S/C20H13Cl2NO/c21-16-7-5-14(6-8-16)13-1-3-15(4-2-13)19-12-24-20-11-17(22)9-10-18(20)23-19/h1-11H,12H2. The molecule has 0 saturated carbocycles. The van der Waals surface area contributed by atoms with Crippen LogP contribution in [0.25, 0.3) is 11.1 Å². The number of fused-ring (bicyclic) bond motifs is 1. The fourth-order valence-corrected chi connectivity index (χ4v) is 2.95. The van der Waals surface area contributed by atoms with Crippen LogP contribution in [-0.2, 0) is 0 Å². The Morgan fingerprint density at radius 3 is 2.00 bits per heavy atom. The van der Waals surface area contributed by atoms with Crippen LogP contribution < -0.4 is 4.74 Å². The molecule has 1 aliphatic rings. The molecule has 0 amide bonds. The molecule has 24 heavy (non-hydrogen) atoms. The molecular formula is C20H13Cl2NO. The van der Waals surface area contributed by atoms with Crippen molar-refractivity contribution in [3.05, 3.63) is 82.3 Å². The van der Waals surface area contributed by atoms with Gasteiger partial charge in [0.2, 0.25) is 0 Å². The minimum Gasteiger partial charge on any atom is -0.485 e. The van der Waals surface area contributed by atoms with E-state index in [1.807, 2.05) is 36.4 Å². The first-order valence-electron chi connectivity index (χ1n) is 7.55. The summed E-state index contributed by atoms with van der Waals surface area (Å²) in [5.74, 6) is 0.726. The van der Waals surface area contributed by atoms with Crippen molar-refractivity contribution >= 4 is 34.6 Å². The topological polar surface area (TPSA) is 21.6 Å². The van der Waals surface area contributed by atoms with Crippen molar-refractivity contribution in [3.8, 4) is 16.9 Å². The normalized spacial score (nSPS) is 13.0. The fourth-order valence-electron chi connectivity index (χ4n) is 2.67. The second-order valence-electron chi connectivity index (χ2n) is 5.54. The molecule has 0 fully saturated rings. The van der Waals surface area contributed by atoms with Gasteiger partial charge in [-0.15, -0.1) is 0 Å². The van der Waals surface area contributed by atoms with Crippen molar-refractivity contribution in [1.82, 2.24) is 0 Å². The minimum absolute atomic E-state index is 0.438. The van der Waals surface area contributed by atoms with E-state index in [9.17, 15) is 0 Å². The highest BCUT2D eigenvalue weighted by atomic mass is 35.5. The van der Waals surface area contributed by atoms with Gasteiger partial charge in [0.25, 0.3) is 0 Å². The van der Waals surface area contributed by atoms with Crippen molar-refractivity contribution in [2.45, 2.75) is 0 Å². The summed E-state index contributed by atoms with van der Waals surface area (Å²) in [5.41, 5.74) is 5.04. The Morgan fingerprint density at radius 2 is 1.29 bits per heavy atom. The SMILES string of the molecule is Clc1ccc(-c2ccc(C3=Nc4ccc(Cl)cc4OC3)cc2)cc1. The zero-order chi connectivity index (χ0) is 16.5. The number of ether oxygens (including phenoxy) is 1. The largest absolute Gasteiger partial charge is 0.485 e. The lowest BCUT2D eigenvalue weighted by molar-refractivity contribution is 0.373. The molecule has 0 unspecified atom stereocenters. The number of hydrogen-bond acceptors (Lipinski definition) is 2. The van der Waals surface area contributed by atoms with E-state index in [1.54, 1.807) is 6.07 Å². The summed E-state index contributed by atoms with van der Waals surface area (Å²) in [7, 11) is 0. The van der Waals surface area contributed by atoms with E-state index in [0.29, 0.717) is 11.6 Å².